The molecule has 0 atom stereocenters. The number of carbonyl (C=O) groups excluding carboxylic acids is 1. The highest BCUT2D eigenvalue weighted by molar-refractivity contribution is 8.14. The van der Waals surface area contributed by atoms with Crippen molar-refractivity contribution in [2.24, 2.45) is 0 Å². The Morgan fingerprint density at radius 1 is 1.27 bits per heavy atom. The van der Waals surface area contributed by atoms with E-state index in [2.05, 4.69) is 0 Å². The normalized spacial score (nSPS) is 16.1. The van der Waals surface area contributed by atoms with E-state index in [1.165, 1.54) is 11.8 Å². The number of hydrogen-bond donors (Lipinski definition) is 0. The van der Waals surface area contributed by atoms with Crippen LogP contribution in [0.25, 0.3) is 0 Å². The van der Waals surface area contributed by atoms with Crippen LogP contribution in [0.15, 0.2) is 48.6 Å². The van der Waals surface area contributed by atoms with Gasteiger partial charge in [0.05, 0.1) is 0 Å². The third kappa shape index (κ3) is 5.43. The van der Waals surface area contributed by atoms with E-state index in [1.807, 2.05) is 55.5 Å². The summed E-state index contributed by atoms with van der Waals surface area (Å²) in [5.41, 5.74) is 0. The van der Waals surface area contributed by atoms with Crippen molar-refractivity contribution in [1.29, 1.82) is 0 Å². The predicted octanol–water partition coefficient (Wildman–Crippen LogP) is 3.65. The summed E-state index contributed by atoms with van der Waals surface area (Å²) in [5, 5.41) is 0.451. The maximum Gasteiger partial charge on any atom is 0.190 e. The first-order valence-electron chi connectivity index (χ1n) is 5.15. The van der Waals surface area contributed by atoms with Gasteiger partial charge in [0.1, 0.15) is 0 Å². The second-order valence-corrected chi connectivity index (χ2v) is 4.45. The van der Waals surface area contributed by atoms with Gasteiger partial charge in [-0.3, -0.25) is 4.79 Å². The fraction of sp³-hybridized carbons (Fsp3) is 0.308. The van der Waals surface area contributed by atoms with Crippen LogP contribution in [0.1, 0.15) is 19.8 Å². The molecule has 80 valence electrons. The molecule has 1 aliphatic carbocycles. The van der Waals surface area contributed by atoms with Crippen LogP contribution in [0.2, 0.25) is 0 Å². The Balaban J connectivity index is 2.31. The lowest BCUT2D eigenvalue weighted by Crippen LogP contribution is -2.00. The molecule has 0 aromatic rings. The van der Waals surface area contributed by atoms with Gasteiger partial charge in [0.15, 0.2) is 5.12 Å². The minimum atomic E-state index is 0.193. The van der Waals surface area contributed by atoms with Gasteiger partial charge in [-0.05, 0) is 13.3 Å². The van der Waals surface area contributed by atoms with E-state index < -0.39 is 0 Å². The van der Waals surface area contributed by atoms with Crippen LogP contribution >= 0.6 is 11.8 Å². The van der Waals surface area contributed by atoms with Crippen LogP contribution in [-0.2, 0) is 4.79 Å². The van der Waals surface area contributed by atoms with Crippen molar-refractivity contribution in [2.45, 2.75) is 25.0 Å². The number of rotatable bonds is 4. The summed E-state index contributed by atoms with van der Waals surface area (Å²) in [6, 6.07) is 0. The monoisotopic (exact) mass is 220 g/mol. The Labute approximate surface area is 95.6 Å². The zero-order valence-electron chi connectivity index (χ0n) is 8.93. The van der Waals surface area contributed by atoms with Gasteiger partial charge in [-0.1, -0.05) is 60.4 Å². The molecular formula is C13H16OS. The lowest BCUT2D eigenvalue weighted by molar-refractivity contribution is -0.110. The van der Waals surface area contributed by atoms with Crippen molar-refractivity contribution in [3.63, 3.8) is 0 Å². The first kappa shape index (κ1) is 12.1. The average Bonchev–Trinajstić information content (AvgIpc) is 2.47. The molecular weight excluding hydrogens is 204 g/mol. The molecule has 15 heavy (non-hydrogen) atoms. The van der Waals surface area contributed by atoms with Crippen LogP contribution in [0.5, 0.6) is 0 Å². The van der Waals surface area contributed by atoms with Gasteiger partial charge in [0.2, 0.25) is 0 Å². The van der Waals surface area contributed by atoms with Gasteiger partial charge in [-0.2, -0.15) is 0 Å². The van der Waals surface area contributed by atoms with Gasteiger partial charge >= 0.3 is 0 Å². The zero-order valence-corrected chi connectivity index (χ0v) is 9.74. The molecule has 0 bridgehead atoms. The summed E-state index contributed by atoms with van der Waals surface area (Å²) in [7, 11) is 0. The minimum Gasteiger partial charge on any atom is -0.287 e. The lowest BCUT2D eigenvalue weighted by atomic mass is 10.3. The SMILES string of the molecule is CC=CCCC(=O)SC1C=CC=CC=C1. The highest BCUT2D eigenvalue weighted by atomic mass is 32.2. The van der Waals surface area contributed by atoms with Gasteiger partial charge in [0.25, 0.3) is 0 Å². The Hall–Kier alpha value is -1.02. The number of hydrogen-bond acceptors (Lipinski definition) is 2. The highest BCUT2D eigenvalue weighted by Crippen LogP contribution is 2.19. The smallest absolute Gasteiger partial charge is 0.190 e. The molecule has 0 amide bonds. The summed E-state index contributed by atoms with van der Waals surface area (Å²) < 4.78 is 0. The Kier molecular flexibility index (Phi) is 5.86. The van der Waals surface area contributed by atoms with Gasteiger partial charge in [-0.15, -0.1) is 0 Å². The van der Waals surface area contributed by atoms with Gasteiger partial charge in [-0.25, -0.2) is 0 Å². The maximum absolute atomic E-state index is 11.5. The second kappa shape index (κ2) is 7.30. The van der Waals surface area contributed by atoms with Crippen LogP contribution in [0.3, 0.4) is 0 Å². The minimum absolute atomic E-state index is 0.193. The Bertz CT molecular complexity index is 294. The molecule has 0 aromatic heterocycles. The molecule has 0 saturated heterocycles. The number of thioether (sulfide) groups is 1. The Morgan fingerprint density at radius 2 is 1.93 bits per heavy atom. The maximum atomic E-state index is 11.5. The fourth-order valence-corrected chi connectivity index (χ4v) is 2.07. The third-order valence-electron chi connectivity index (χ3n) is 1.95. The Morgan fingerprint density at radius 3 is 2.53 bits per heavy atom. The first-order chi connectivity index (χ1) is 7.33. The summed E-state index contributed by atoms with van der Waals surface area (Å²) in [6.07, 6.45) is 17.5. The highest BCUT2D eigenvalue weighted by Gasteiger charge is 2.08. The molecule has 0 aliphatic heterocycles. The van der Waals surface area contributed by atoms with Crippen LogP contribution in [-0.4, -0.2) is 10.4 Å². The van der Waals surface area contributed by atoms with E-state index >= 15 is 0 Å². The summed E-state index contributed by atoms with van der Waals surface area (Å²) in [4.78, 5) is 11.5. The molecule has 0 unspecified atom stereocenters. The molecule has 0 heterocycles. The van der Waals surface area contributed by atoms with E-state index in [4.69, 9.17) is 0 Å². The van der Waals surface area contributed by atoms with E-state index in [-0.39, 0.29) is 10.4 Å². The zero-order chi connectivity index (χ0) is 10.9. The van der Waals surface area contributed by atoms with Crippen molar-refractivity contribution in [2.75, 3.05) is 0 Å². The average molecular weight is 220 g/mol. The van der Waals surface area contributed by atoms with E-state index in [0.29, 0.717) is 6.42 Å². The summed E-state index contributed by atoms with van der Waals surface area (Å²) in [5.74, 6) is 0. The standard InChI is InChI=1S/C13H16OS/c1-2-3-6-11-13(14)15-12-9-7-4-5-8-10-12/h2-5,7-10,12H,6,11H2,1H3. The van der Waals surface area contributed by atoms with Crippen molar-refractivity contribution in [3.05, 3.63) is 48.6 Å². The molecule has 0 N–H and O–H groups in total. The van der Waals surface area contributed by atoms with Gasteiger partial charge < -0.3 is 0 Å². The third-order valence-corrected chi connectivity index (χ3v) is 3.01. The van der Waals surface area contributed by atoms with Crippen LogP contribution in [0, 0.1) is 0 Å². The molecule has 0 radical (unpaired) electrons. The van der Waals surface area contributed by atoms with E-state index in [0.717, 1.165) is 6.42 Å². The first-order valence-corrected chi connectivity index (χ1v) is 6.03. The number of allylic oxidation sites excluding steroid dienone is 6. The molecule has 2 heteroatoms. The predicted molar refractivity (Wildman–Crippen MR) is 67.9 cm³/mol. The molecule has 0 fully saturated rings. The topological polar surface area (TPSA) is 17.1 Å². The van der Waals surface area contributed by atoms with Crippen LogP contribution < -0.4 is 0 Å². The molecule has 0 saturated carbocycles. The van der Waals surface area contributed by atoms with E-state index in [1.54, 1.807) is 0 Å². The molecule has 0 spiro atoms. The molecule has 1 nitrogen and oxygen atoms in total. The van der Waals surface area contributed by atoms with Crippen LogP contribution in [0.4, 0.5) is 0 Å². The fourth-order valence-electron chi connectivity index (χ4n) is 1.20. The summed E-state index contributed by atoms with van der Waals surface area (Å²) >= 11 is 1.40. The second-order valence-electron chi connectivity index (χ2n) is 3.22. The molecule has 1 rings (SSSR count). The lowest BCUT2D eigenvalue weighted by Gasteiger charge is -2.04. The summed E-state index contributed by atoms with van der Waals surface area (Å²) in [6.45, 7) is 1.97. The van der Waals surface area contributed by atoms with Crippen molar-refractivity contribution < 1.29 is 4.79 Å². The quantitative estimate of drug-likeness (QED) is 0.673. The van der Waals surface area contributed by atoms with Crippen molar-refractivity contribution in [3.8, 4) is 0 Å². The van der Waals surface area contributed by atoms with E-state index in [9.17, 15) is 4.79 Å². The number of carbonyl (C=O) groups is 1. The van der Waals surface area contributed by atoms with Crippen molar-refractivity contribution >= 4 is 16.9 Å². The van der Waals surface area contributed by atoms with Gasteiger partial charge in [0, 0.05) is 11.7 Å². The molecule has 1 aliphatic rings. The largest absolute Gasteiger partial charge is 0.287 e. The van der Waals surface area contributed by atoms with Crippen molar-refractivity contribution in [1.82, 2.24) is 0 Å². The molecule has 0 aromatic carbocycles.